The van der Waals surface area contributed by atoms with Crippen molar-refractivity contribution >= 4 is 17.5 Å². The summed E-state index contributed by atoms with van der Waals surface area (Å²) in [4.78, 5) is 26.4. The predicted octanol–water partition coefficient (Wildman–Crippen LogP) is 1.78. The number of anilines is 1. The van der Waals surface area contributed by atoms with E-state index in [0.717, 1.165) is 5.56 Å². The minimum atomic E-state index is -0.969. The zero-order chi connectivity index (χ0) is 18.1. The van der Waals surface area contributed by atoms with E-state index >= 15 is 0 Å². The van der Waals surface area contributed by atoms with Gasteiger partial charge in [-0.25, -0.2) is 0 Å². The highest BCUT2D eigenvalue weighted by molar-refractivity contribution is 6.02. The van der Waals surface area contributed by atoms with Gasteiger partial charge >= 0.3 is 0 Å². The molecule has 6 nitrogen and oxygen atoms in total. The minimum absolute atomic E-state index is 0.149. The Bertz CT molecular complexity index is 652. The fraction of sp³-hybridized carbons (Fsp3) is 0.556. The third-order valence-electron chi connectivity index (χ3n) is 3.97. The average Bonchev–Trinajstić information content (AvgIpc) is 2.48. The van der Waals surface area contributed by atoms with Crippen molar-refractivity contribution in [1.29, 1.82) is 0 Å². The summed E-state index contributed by atoms with van der Waals surface area (Å²) in [6.45, 7) is 8.98. The smallest absolute Gasteiger partial charge is 0.270 e. The van der Waals surface area contributed by atoms with E-state index in [1.807, 2.05) is 25.1 Å². The van der Waals surface area contributed by atoms with Gasteiger partial charge in [-0.1, -0.05) is 6.07 Å². The zero-order valence-electron chi connectivity index (χ0n) is 15.0. The second-order valence-electron chi connectivity index (χ2n) is 7.38. The molecule has 2 amide bonds. The molecule has 1 aromatic carbocycles. The summed E-state index contributed by atoms with van der Waals surface area (Å²) in [6, 6.07) is 5.66. The molecule has 1 aliphatic rings. The van der Waals surface area contributed by atoms with Crippen LogP contribution in [0, 0.1) is 6.92 Å². The molecule has 0 unspecified atom stereocenters. The Morgan fingerprint density at radius 3 is 2.67 bits per heavy atom. The van der Waals surface area contributed by atoms with Crippen LogP contribution in [0.5, 0.6) is 5.75 Å². The lowest BCUT2D eigenvalue weighted by atomic mass is 10.0. The number of carbonyl (C=O) groups is 2. The molecule has 1 aliphatic heterocycles. The first-order valence-electron chi connectivity index (χ1n) is 8.09. The van der Waals surface area contributed by atoms with Crippen LogP contribution < -0.4 is 15.0 Å². The highest BCUT2D eigenvalue weighted by Gasteiger charge is 2.40. The van der Waals surface area contributed by atoms with E-state index in [4.69, 9.17) is 4.74 Å². The lowest BCUT2D eigenvalue weighted by Gasteiger charge is -2.39. The number of nitrogens with zero attached hydrogens (tertiary/aromatic N) is 1. The van der Waals surface area contributed by atoms with Crippen LogP contribution in [0.25, 0.3) is 0 Å². The quantitative estimate of drug-likeness (QED) is 0.860. The van der Waals surface area contributed by atoms with Crippen molar-refractivity contribution in [1.82, 2.24) is 5.32 Å². The Balaban J connectivity index is 2.18. The van der Waals surface area contributed by atoms with Gasteiger partial charge in [0.2, 0.25) is 5.91 Å². The van der Waals surface area contributed by atoms with Gasteiger partial charge in [-0.3, -0.25) is 9.59 Å². The molecule has 0 aliphatic carbocycles. The number of aliphatic hydroxyl groups excluding tert-OH is 1. The first kappa shape index (κ1) is 18.3. The lowest BCUT2D eigenvalue weighted by molar-refractivity contribution is -0.132. The number of ether oxygens (including phenoxy) is 1. The molecule has 0 spiro atoms. The Morgan fingerprint density at radius 1 is 1.38 bits per heavy atom. The fourth-order valence-corrected chi connectivity index (χ4v) is 2.59. The van der Waals surface area contributed by atoms with Crippen LogP contribution in [0.1, 0.15) is 39.7 Å². The average molecular weight is 334 g/mol. The highest BCUT2D eigenvalue weighted by atomic mass is 16.5. The molecule has 0 atom stereocenters. The van der Waals surface area contributed by atoms with Crippen molar-refractivity contribution in [2.24, 2.45) is 0 Å². The molecule has 0 bridgehead atoms. The highest BCUT2D eigenvalue weighted by Crippen LogP contribution is 2.38. The van der Waals surface area contributed by atoms with Gasteiger partial charge in [0, 0.05) is 13.0 Å². The van der Waals surface area contributed by atoms with Gasteiger partial charge in [0.1, 0.15) is 5.75 Å². The van der Waals surface area contributed by atoms with E-state index < -0.39 is 11.1 Å². The summed E-state index contributed by atoms with van der Waals surface area (Å²) in [5.74, 6) is 0.261. The summed E-state index contributed by atoms with van der Waals surface area (Å²) in [6.07, 6.45) is 0.151. The lowest BCUT2D eigenvalue weighted by Crippen LogP contribution is -2.53. The molecule has 0 radical (unpaired) electrons. The summed E-state index contributed by atoms with van der Waals surface area (Å²) in [5.41, 5.74) is 0.0532. The molecule has 0 saturated carbocycles. The second-order valence-corrected chi connectivity index (χ2v) is 7.38. The van der Waals surface area contributed by atoms with Crippen LogP contribution in [0.3, 0.4) is 0 Å². The molecule has 0 saturated heterocycles. The van der Waals surface area contributed by atoms with Crippen LogP contribution >= 0.6 is 0 Å². The Labute approximate surface area is 142 Å². The van der Waals surface area contributed by atoms with Crippen LogP contribution in [0.4, 0.5) is 5.69 Å². The van der Waals surface area contributed by atoms with E-state index in [2.05, 4.69) is 5.32 Å². The van der Waals surface area contributed by atoms with Gasteiger partial charge in [-0.2, -0.15) is 0 Å². The number of aliphatic hydroxyl groups is 1. The number of hydrogen-bond donors (Lipinski definition) is 2. The first-order valence-corrected chi connectivity index (χ1v) is 8.09. The summed E-state index contributed by atoms with van der Waals surface area (Å²) in [5, 5.41) is 12.0. The van der Waals surface area contributed by atoms with E-state index in [1.54, 1.807) is 32.6 Å². The Kier molecular flexibility index (Phi) is 4.90. The van der Waals surface area contributed by atoms with Crippen molar-refractivity contribution in [3.05, 3.63) is 23.8 Å². The van der Waals surface area contributed by atoms with Gasteiger partial charge in [-0.05, 0) is 52.3 Å². The van der Waals surface area contributed by atoms with Gasteiger partial charge in [0.25, 0.3) is 5.91 Å². The Hall–Kier alpha value is -2.08. The van der Waals surface area contributed by atoms with E-state index in [0.29, 0.717) is 11.4 Å². The number of hydrogen-bond acceptors (Lipinski definition) is 4. The molecule has 2 N–H and O–H groups in total. The molecular formula is C18H26N2O4. The monoisotopic (exact) mass is 334 g/mol. The second kappa shape index (κ2) is 6.43. The maximum absolute atomic E-state index is 12.7. The van der Waals surface area contributed by atoms with Crippen molar-refractivity contribution in [2.45, 2.75) is 52.2 Å². The summed E-state index contributed by atoms with van der Waals surface area (Å²) in [7, 11) is 0. The van der Waals surface area contributed by atoms with Crippen LogP contribution in [-0.4, -0.2) is 41.2 Å². The number of benzene rings is 1. The fourth-order valence-electron chi connectivity index (χ4n) is 2.59. The standard InChI is InChI=1S/C18H26N2O4/c1-12-6-7-14-13(10-12)20(16(23)18(4,5)24-14)9-8-15(22)19-17(2,3)11-21/h6-7,10,21H,8-9,11H2,1-5H3,(H,19,22). The molecule has 0 aromatic heterocycles. The summed E-state index contributed by atoms with van der Waals surface area (Å²) >= 11 is 0. The number of amides is 2. The number of rotatable bonds is 5. The molecule has 0 fully saturated rings. The molecule has 6 heteroatoms. The number of carbonyl (C=O) groups excluding carboxylic acids is 2. The molecule has 24 heavy (non-hydrogen) atoms. The van der Waals surface area contributed by atoms with Crippen molar-refractivity contribution in [3.8, 4) is 5.75 Å². The molecule has 132 valence electrons. The van der Waals surface area contributed by atoms with Crippen LogP contribution in [0.2, 0.25) is 0 Å². The summed E-state index contributed by atoms with van der Waals surface area (Å²) < 4.78 is 5.80. The number of fused-ring (bicyclic) bond motifs is 1. The van der Waals surface area contributed by atoms with Gasteiger partial charge in [-0.15, -0.1) is 0 Å². The minimum Gasteiger partial charge on any atom is -0.476 e. The van der Waals surface area contributed by atoms with Crippen LogP contribution in [0.15, 0.2) is 18.2 Å². The number of nitrogens with one attached hydrogen (secondary N) is 1. The molecule has 1 aromatic rings. The van der Waals surface area contributed by atoms with Crippen molar-refractivity contribution < 1.29 is 19.4 Å². The molecule has 2 rings (SSSR count). The maximum atomic E-state index is 12.7. The van der Waals surface area contributed by atoms with Gasteiger partial charge in [0.05, 0.1) is 17.8 Å². The zero-order valence-corrected chi connectivity index (χ0v) is 15.0. The molecular weight excluding hydrogens is 308 g/mol. The van der Waals surface area contributed by atoms with E-state index in [1.165, 1.54) is 0 Å². The normalized spacial score (nSPS) is 16.4. The SMILES string of the molecule is Cc1ccc2c(c1)N(CCC(=O)NC(C)(C)CO)C(=O)C(C)(C)O2. The molecule has 1 heterocycles. The third-order valence-corrected chi connectivity index (χ3v) is 3.97. The Morgan fingerprint density at radius 2 is 2.04 bits per heavy atom. The van der Waals surface area contributed by atoms with Crippen LogP contribution in [-0.2, 0) is 9.59 Å². The topological polar surface area (TPSA) is 78.9 Å². The van der Waals surface area contributed by atoms with Crippen molar-refractivity contribution in [3.63, 3.8) is 0 Å². The van der Waals surface area contributed by atoms with E-state index in [9.17, 15) is 14.7 Å². The van der Waals surface area contributed by atoms with Crippen molar-refractivity contribution in [2.75, 3.05) is 18.1 Å². The van der Waals surface area contributed by atoms with E-state index in [-0.39, 0.29) is 31.4 Å². The largest absolute Gasteiger partial charge is 0.476 e. The predicted molar refractivity (Wildman–Crippen MR) is 92.2 cm³/mol. The maximum Gasteiger partial charge on any atom is 0.270 e. The first-order chi connectivity index (χ1) is 11.1. The third kappa shape index (κ3) is 3.87. The van der Waals surface area contributed by atoms with Gasteiger partial charge in [0.15, 0.2) is 5.60 Å². The van der Waals surface area contributed by atoms with Gasteiger partial charge < -0.3 is 20.1 Å². The number of aryl methyl sites for hydroxylation is 1.